The van der Waals surface area contributed by atoms with Gasteiger partial charge in [0, 0.05) is 13.1 Å². The number of anilines is 1. The van der Waals surface area contributed by atoms with Gasteiger partial charge >= 0.3 is 0 Å². The van der Waals surface area contributed by atoms with Crippen LogP contribution in [-0.4, -0.2) is 25.8 Å². The third-order valence-corrected chi connectivity index (χ3v) is 5.06. The molecular formula is C11H15FN2O2S. The van der Waals surface area contributed by atoms with Crippen molar-refractivity contribution in [2.75, 3.05) is 12.8 Å². The lowest BCUT2D eigenvalue weighted by Crippen LogP contribution is -2.29. The Balaban J connectivity index is 2.49. The summed E-state index contributed by atoms with van der Waals surface area (Å²) in [5, 5.41) is 0. The van der Waals surface area contributed by atoms with Crippen molar-refractivity contribution in [2.24, 2.45) is 0 Å². The van der Waals surface area contributed by atoms with Crippen molar-refractivity contribution in [1.29, 1.82) is 0 Å². The Morgan fingerprint density at radius 3 is 2.53 bits per heavy atom. The van der Waals surface area contributed by atoms with Gasteiger partial charge in [0.15, 0.2) is 0 Å². The molecule has 0 unspecified atom stereocenters. The van der Waals surface area contributed by atoms with Crippen molar-refractivity contribution in [2.45, 2.75) is 30.7 Å². The highest BCUT2D eigenvalue weighted by Crippen LogP contribution is 2.32. The molecule has 0 aliphatic heterocycles. The summed E-state index contributed by atoms with van der Waals surface area (Å²) in [5.74, 6) is -0.587. The third-order valence-electron chi connectivity index (χ3n) is 3.01. The number of halogens is 1. The smallest absolute Gasteiger partial charge is 0.243 e. The van der Waals surface area contributed by atoms with Crippen LogP contribution in [0.3, 0.4) is 0 Å². The van der Waals surface area contributed by atoms with Crippen LogP contribution in [-0.2, 0) is 10.0 Å². The van der Waals surface area contributed by atoms with Gasteiger partial charge < -0.3 is 5.73 Å². The second-order valence-corrected chi connectivity index (χ2v) is 6.36. The van der Waals surface area contributed by atoms with Crippen molar-refractivity contribution in [3.63, 3.8) is 0 Å². The quantitative estimate of drug-likeness (QED) is 0.836. The topological polar surface area (TPSA) is 63.4 Å². The summed E-state index contributed by atoms with van der Waals surface area (Å²) in [4.78, 5) is 0.0887. The van der Waals surface area contributed by atoms with E-state index in [0.29, 0.717) is 5.56 Å². The van der Waals surface area contributed by atoms with Gasteiger partial charge in [0.05, 0.1) is 10.6 Å². The molecule has 2 N–H and O–H groups in total. The van der Waals surface area contributed by atoms with E-state index < -0.39 is 15.8 Å². The third kappa shape index (κ3) is 2.14. The molecule has 17 heavy (non-hydrogen) atoms. The average Bonchev–Trinajstić information content (AvgIpc) is 3.05. The predicted molar refractivity (Wildman–Crippen MR) is 63.5 cm³/mol. The maximum absolute atomic E-state index is 13.2. The number of rotatable bonds is 3. The van der Waals surface area contributed by atoms with Crippen molar-refractivity contribution >= 4 is 15.7 Å². The van der Waals surface area contributed by atoms with E-state index in [4.69, 9.17) is 5.73 Å². The molecule has 0 aromatic heterocycles. The van der Waals surface area contributed by atoms with Crippen molar-refractivity contribution in [1.82, 2.24) is 4.31 Å². The van der Waals surface area contributed by atoms with Gasteiger partial charge in [-0.3, -0.25) is 0 Å². The zero-order chi connectivity index (χ0) is 12.8. The molecule has 0 amide bonds. The fraction of sp³-hybridized carbons (Fsp3) is 0.455. The number of nitrogen functional groups attached to an aromatic ring is 1. The molecule has 2 rings (SSSR count). The van der Waals surface area contributed by atoms with E-state index in [9.17, 15) is 12.8 Å². The second-order valence-electron chi connectivity index (χ2n) is 4.39. The molecule has 1 fully saturated rings. The Kier molecular flexibility index (Phi) is 2.87. The monoisotopic (exact) mass is 258 g/mol. The van der Waals surface area contributed by atoms with Gasteiger partial charge in [0.2, 0.25) is 10.0 Å². The number of sulfonamides is 1. The van der Waals surface area contributed by atoms with Crippen LogP contribution >= 0.6 is 0 Å². The van der Waals surface area contributed by atoms with Crippen LogP contribution in [0.1, 0.15) is 18.4 Å². The number of nitrogens with two attached hydrogens (primary N) is 1. The van der Waals surface area contributed by atoms with Crippen LogP contribution in [0.2, 0.25) is 0 Å². The molecule has 0 saturated heterocycles. The highest BCUT2D eigenvalue weighted by atomic mass is 32.2. The van der Waals surface area contributed by atoms with Gasteiger partial charge in [-0.1, -0.05) is 0 Å². The molecular weight excluding hydrogens is 243 g/mol. The van der Waals surface area contributed by atoms with Crippen LogP contribution < -0.4 is 5.73 Å². The number of benzene rings is 1. The summed E-state index contributed by atoms with van der Waals surface area (Å²) >= 11 is 0. The lowest BCUT2D eigenvalue weighted by Gasteiger charge is -2.18. The summed E-state index contributed by atoms with van der Waals surface area (Å²) in [6.45, 7) is 1.57. The van der Waals surface area contributed by atoms with E-state index in [1.54, 1.807) is 14.0 Å². The SMILES string of the molecule is Cc1cc(F)c(N)cc1S(=O)(=O)N(C)C1CC1. The molecule has 1 aromatic carbocycles. The summed E-state index contributed by atoms with van der Waals surface area (Å²) in [6.07, 6.45) is 1.76. The Bertz CT molecular complexity index is 553. The van der Waals surface area contributed by atoms with Gasteiger partial charge in [-0.15, -0.1) is 0 Å². The highest BCUT2D eigenvalue weighted by molar-refractivity contribution is 7.89. The van der Waals surface area contributed by atoms with Gasteiger partial charge in [0.1, 0.15) is 5.82 Å². The summed E-state index contributed by atoms with van der Waals surface area (Å²) in [7, 11) is -2.01. The van der Waals surface area contributed by atoms with E-state index in [2.05, 4.69) is 0 Å². The first-order valence-electron chi connectivity index (χ1n) is 5.37. The molecule has 1 aromatic rings. The Morgan fingerprint density at radius 2 is 2.00 bits per heavy atom. The summed E-state index contributed by atoms with van der Waals surface area (Å²) in [6, 6.07) is 2.42. The van der Waals surface area contributed by atoms with E-state index in [-0.39, 0.29) is 16.6 Å². The standard InChI is InChI=1S/C11H15FN2O2S/c1-7-5-9(12)10(13)6-11(7)17(15,16)14(2)8-3-4-8/h5-6,8H,3-4,13H2,1-2H3. The normalized spacial score (nSPS) is 16.5. The molecule has 6 heteroatoms. The lowest BCUT2D eigenvalue weighted by atomic mass is 10.2. The minimum Gasteiger partial charge on any atom is -0.396 e. The fourth-order valence-corrected chi connectivity index (χ4v) is 3.39. The molecule has 0 bridgehead atoms. The first-order valence-corrected chi connectivity index (χ1v) is 6.81. The number of aryl methyl sites for hydroxylation is 1. The van der Waals surface area contributed by atoms with Gasteiger partial charge in [-0.25, -0.2) is 12.8 Å². The zero-order valence-corrected chi connectivity index (χ0v) is 10.6. The Morgan fingerprint density at radius 1 is 1.41 bits per heavy atom. The molecule has 1 saturated carbocycles. The molecule has 0 heterocycles. The predicted octanol–water partition coefficient (Wildman–Crippen LogP) is 1.50. The molecule has 0 atom stereocenters. The summed E-state index contributed by atoms with van der Waals surface area (Å²) in [5.41, 5.74) is 5.66. The first-order chi connectivity index (χ1) is 7.84. The van der Waals surface area contributed by atoms with Crippen LogP contribution in [0.15, 0.2) is 17.0 Å². The van der Waals surface area contributed by atoms with Crippen LogP contribution in [0.5, 0.6) is 0 Å². The van der Waals surface area contributed by atoms with Crippen LogP contribution in [0.4, 0.5) is 10.1 Å². The van der Waals surface area contributed by atoms with Crippen molar-refractivity contribution < 1.29 is 12.8 Å². The molecule has 4 nitrogen and oxygen atoms in total. The first kappa shape index (κ1) is 12.3. The zero-order valence-electron chi connectivity index (χ0n) is 9.77. The van der Waals surface area contributed by atoms with Crippen LogP contribution in [0, 0.1) is 12.7 Å². The number of hydrogen-bond acceptors (Lipinski definition) is 3. The minimum atomic E-state index is -3.56. The van der Waals surface area contributed by atoms with Crippen molar-refractivity contribution in [3.8, 4) is 0 Å². The molecule has 94 valence electrons. The number of hydrogen-bond donors (Lipinski definition) is 1. The van der Waals surface area contributed by atoms with Crippen molar-refractivity contribution in [3.05, 3.63) is 23.5 Å². The molecule has 0 radical (unpaired) electrons. The Hall–Kier alpha value is -1.14. The molecule has 0 spiro atoms. The molecule has 1 aliphatic rings. The average molecular weight is 258 g/mol. The minimum absolute atomic E-state index is 0.0747. The van der Waals surface area contributed by atoms with Gasteiger partial charge in [-0.05, 0) is 37.5 Å². The van der Waals surface area contributed by atoms with E-state index in [1.807, 2.05) is 0 Å². The van der Waals surface area contributed by atoms with Crippen LogP contribution in [0.25, 0.3) is 0 Å². The van der Waals surface area contributed by atoms with E-state index in [1.165, 1.54) is 10.4 Å². The largest absolute Gasteiger partial charge is 0.396 e. The maximum atomic E-state index is 13.2. The van der Waals surface area contributed by atoms with Gasteiger partial charge in [-0.2, -0.15) is 4.31 Å². The number of nitrogens with zero attached hydrogens (tertiary/aromatic N) is 1. The van der Waals surface area contributed by atoms with E-state index >= 15 is 0 Å². The second kappa shape index (κ2) is 3.96. The maximum Gasteiger partial charge on any atom is 0.243 e. The Labute approximate surface area is 100 Å². The highest BCUT2D eigenvalue weighted by Gasteiger charge is 2.35. The lowest BCUT2D eigenvalue weighted by molar-refractivity contribution is 0.463. The summed E-state index contributed by atoms with van der Waals surface area (Å²) < 4.78 is 39.0. The fourth-order valence-electron chi connectivity index (χ4n) is 1.74. The van der Waals surface area contributed by atoms with E-state index in [0.717, 1.165) is 18.9 Å². The molecule has 1 aliphatic carbocycles. The van der Waals surface area contributed by atoms with Gasteiger partial charge in [0.25, 0.3) is 0 Å².